The second-order valence-electron chi connectivity index (χ2n) is 11.6. The first kappa shape index (κ1) is 28.2. The third-order valence-corrected chi connectivity index (χ3v) is 8.54. The molecule has 2 aliphatic rings. The Morgan fingerprint density at radius 2 is 1.42 bits per heavy atom. The average Bonchev–Trinajstić information content (AvgIpc) is 3.10. The molecule has 0 radical (unpaired) electrons. The van der Waals surface area contributed by atoms with Crippen LogP contribution in [0.5, 0.6) is 0 Å². The molecule has 5 aromatic carbocycles. The minimum absolute atomic E-state index is 0.492. The number of benzene rings is 5. The maximum atomic E-state index is 4.38. The molecule has 5 aromatic rings. The Morgan fingerprint density at radius 1 is 0.711 bits per heavy atom. The fourth-order valence-corrected chi connectivity index (χ4v) is 5.99. The van der Waals surface area contributed by atoms with Crippen LogP contribution in [-0.2, 0) is 0 Å². The number of hydrogen-bond donors (Lipinski definition) is 2. The molecular weight excluding hydrogens is 544 g/mol. The van der Waals surface area contributed by atoms with Gasteiger partial charge in [-0.25, -0.2) is 0 Å². The lowest BCUT2D eigenvalue weighted by molar-refractivity contribution is 0.692. The van der Waals surface area contributed by atoms with Gasteiger partial charge in [0, 0.05) is 34.7 Å². The van der Waals surface area contributed by atoms with Gasteiger partial charge in [0.15, 0.2) is 0 Å². The Bertz CT molecular complexity index is 1960. The summed E-state index contributed by atoms with van der Waals surface area (Å²) in [6.45, 7) is 5.28. The van der Waals surface area contributed by atoms with E-state index in [2.05, 4.69) is 175 Å². The van der Waals surface area contributed by atoms with E-state index in [1.165, 1.54) is 44.6 Å². The predicted molar refractivity (Wildman–Crippen MR) is 194 cm³/mol. The summed E-state index contributed by atoms with van der Waals surface area (Å²) in [5.41, 5.74) is 14.0. The smallest absolute Gasteiger partial charge is 0.0485 e. The molecule has 0 amide bonds. The van der Waals surface area contributed by atoms with Gasteiger partial charge in [-0.2, -0.15) is 0 Å². The highest BCUT2D eigenvalue weighted by Gasteiger charge is 2.18. The Morgan fingerprint density at radius 3 is 2.18 bits per heavy atom. The zero-order chi connectivity index (χ0) is 30.4. The Balaban J connectivity index is 1.07. The van der Waals surface area contributed by atoms with E-state index < -0.39 is 0 Å². The van der Waals surface area contributed by atoms with E-state index in [0.717, 1.165) is 35.5 Å². The van der Waals surface area contributed by atoms with E-state index in [1.54, 1.807) is 0 Å². The van der Waals surface area contributed by atoms with Gasteiger partial charge < -0.3 is 10.6 Å². The molecule has 2 heteroatoms. The van der Waals surface area contributed by atoms with Crippen LogP contribution in [0, 0.1) is 5.92 Å². The zero-order valence-corrected chi connectivity index (χ0v) is 25.3. The Labute approximate surface area is 266 Å². The van der Waals surface area contributed by atoms with E-state index in [0.29, 0.717) is 5.92 Å². The van der Waals surface area contributed by atoms with Crippen molar-refractivity contribution in [2.45, 2.75) is 6.42 Å². The van der Waals surface area contributed by atoms with Crippen LogP contribution < -0.4 is 10.6 Å². The summed E-state index contributed by atoms with van der Waals surface area (Å²) in [5.74, 6) is 0.492. The molecule has 0 fully saturated rings. The summed E-state index contributed by atoms with van der Waals surface area (Å²) < 4.78 is 0. The van der Waals surface area contributed by atoms with Gasteiger partial charge in [0.25, 0.3) is 0 Å². The van der Waals surface area contributed by atoms with Crippen LogP contribution in [0.3, 0.4) is 0 Å². The lowest BCUT2D eigenvalue weighted by atomic mass is 9.95. The maximum absolute atomic E-state index is 4.38. The van der Waals surface area contributed by atoms with Crippen LogP contribution in [0.25, 0.3) is 44.7 Å². The predicted octanol–water partition coefficient (Wildman–Crippen LogP) is 11.3. The second-order valence-corrected chi connectivity index (χ2v) is 11.6. The third-order valence-electron chi connectivity index (χ3n) is 8.54. The van der Waals surface area contributed by atoms with Crippen molar-refractivity contribution in [3.8, 4) is 33.4 Å². The number of allylic oxidation sites excluding steroid dienone is 7. The van der Waals surface area contributed by atoms with Crippen LogP contribution in [0.15, 0.2) is 170 Å². The number of hydrogen-bond acceptors (Lipinski definition) is 2. The van der Waals surface area contributed by atoms with E-state index in [1.807, 2.05) is 6.07 Å². The molecular formula is C43H36N2. The first-order valence-electron chi connectivity index (χ1n) is 15.6. The van der Waals surface area contributed by atoms with Gasteiger partial charge in [0.1, 0.15) is 0 Å². The molecule has 0 saturated heterocycles. The highest BCUT2D eigenvalue weighted by Crippen LogP contribution is 2.38. The molecule has 0 aromatic heterocycles. The van der Waals surface area contributed by atoms with Gasteiger partial charge in [-0.15, -0.1) is 0 Å². The maximum Gasteiger partial charge on any atom is 0.0485 e. The topological polar surface area (TPSA) is 24.1 Å². The number of anilines is 2. The zero-order valence-electron chi connectivity index (χ0n) is 25.3. The van der Waals surface area contributed by atoms with Crippen LogP contribution in [-0.4, -0.2) is 6.54 Å². The molecule has 0 spiro atoms. The van der Waals surface area contributed by atoms with E-state index in [9.17, 15) is 0 Å². The lowest BCUT2D eigenvalue weighted by Gasteiger charge is -2.25. The third kappa shape index (κ3) is 6.37. The van der Waals surface area contributed by atoms with Gasteiger partial charge in [-0.05, 0) is 75.6 Å². The molecule has 0 bridgehead atoms. The molecule has 0 saturated carbocycles. The number of nitrogens with one attached hydrogen (secondary N) is 2. The van der Waals surface area contributed by atoms with Crippen molar-refractivity contribution >= 4 is 22.6 Å². The summed E-state index contributed by atoms with van der Waals surface area (Å²) in [5, 5.41) is 7.27. The standard InChI is InChI=1S/C43H36N2/c1-31(13-11-22-41-40-26-24-37(29-43(40)45-41)33-16-7-3-8-17-33)35-20-12-21-36(27-35)38-23-25-39(34-18-9-4-10-19-34)42(28-38)44-30-32-14-5-2-6-15-32/h2-14,16-29,32,44-45H,1,15,30H2/b13-11-,41-22-. The molecule has 1 aliphatic carbocycles. The molecule has 2 nitrogen and oxygen atoms in total. The molecule has 2 N–H and O–H groups in total. The lowest BCUT2D eigenvalue weighted by Crippen LogP contribution is -2.13. The minimum Gasteiger partial charge on any atom is -0.384 e. The normalized spacial score (nSPS) is 15.8. The first-order chi connectivity index (χ1) is 22.2. The van der Waals surface area contributed by atoms with Crippen molar-refractivity contribution in [3.63, 3.8) is 0 Å². The summed E-state index contributed by atoms with van der Waals surface area (Å²) in [6, 6.07) is 43.1. The van der Waals surface area contributed by atoms with Crippen LogP contribution >= 0.6 is 0 Å². The fraction of sp³-hybridized carbons (Fsp3) is 0.0698. The fourth-order valence-electron chi connectivity index (χ4n) is 5.99. The van der Waals surface area contributed by atoms with Crippen molar-refractivity contribution in [1.29, 1.82) is 0 Å². The molecule has 1 unspecified atom stereocenters. The quantitative estimate of drug-likeness (QED) is 0.169. The molecule has 1 heterocycles. The minimum atomic E-state index is 0.492. The highest BCUT2D eigenvalue weighted by atomic mass is 15.0. The summed E-state index contributed by atoms with van der Waals surface area (Å²) in [7, 11) is 0. The van der Waals surface area contributed by atoms with Crippen LogP contribution in [0.1, 0.15) is 17.5 Å². The van der Waals surface area contributed by atoms with Crippen LogP contribution in [0.2, 0.25) is 0 Å². The number of fused-ring (bicyclic) bond motifs is 1. The molecule has 1 atom stereocenters. The summed E-state index contributed by atoms with van der Waals surface area (Å²) in [6.07, 6.45) is 16.2. The monoisotopic (exact) mass is 580 g/mol. The summed E-state index contributed by atoms with van der Waals surface area (Å²) in [4.78, 5) is 0. The van der Waals surface area contributed by atoms with Crippen molar-refractivity contribution in [2.75, 3.05) is 17.2 Å². The van der Waals surface area contributed by atoms with E-state index in [4.69, 9.17) is 0 Å². The average molecular weight is 581 g/mol. The van der Waals surface area contributed by atoms with Gasteiger partial charge >= 0.3 is 0 Å². The molecule has 45 heavy (non-hydrogen) atoms. The SMILES string of the molecule is C=C(/C=C\C=C1/Nc2cc(-c3ccccc3)ccc21)c1cccc(-c2ccc(-c3ccccc3)c(NCC3C=CC=CC3)c2)c1. The van der Waals surface area contributed by atoms with Crippen LogP contribution in [0.4, 0.5) is 11.4 Å². The van der Waals surface area contributed by atoms with Crippen molar-refractivity contribution in [2.24, 2.45) is 5.92 Å². The van der Waals surface area contributed by atoms with Gasteiger partial charge in [-0.3, -0.25) is 0 Å². The van der Waals surface area contributed by atoms with Crippen molar-refractivity contribution in [1.82, 2.24) is 0 Å². The van der Waals surface area contributed by atoms with Gasteiger partial charge in [0.2, 0.25) is 0 Å². The van der Waals surface area contributed by atoms with Gasteiger partial charge in [-0.1, -0.05) is 146 Å². The van der Waals surface area contributed by atoms with Crippen molar-refractivity contribution in [3.05, 3.63) is 182 Å². The second kappa shape index (κ2) is 13.0. The van der Waals surface area contributed by atoms with E-state index >= 15 is 0 Å². The van der Waals surface area contributed by atoms with E-state index in [-0.39, 0.29) is 0 Å². The summed E-state index contributed by atoms with van der Waals surface area (Å²) >= 11 is 0. The van der Waals surface area contributed by atoms with Crippen molar-refractivity contribution < 1.29 is 0 Å². The Hall–Kier alpha value is -5.60. The Kier molecular flexibility index (Phi) is 8.11. The van der Waals surface area contributed by atoms with Gasteiger partial charge in [0.05, 0.1) is 0 Å². The highest BCUT2D eigenvalue weighted by molar-refractivity contribution is 5.97. The largest absolute Gasteiger partial charge is 0.384 e. The number of rotatable bonds is 9. The molecule has 1 aliphatic heterocycles. The molecule has 7 rings (SSSR count). The first-order valence-corrected chi connectivity index (χ1v) is 15.6. The molecule has 218 valence electrons.